The third-order valence-corrected chi connectivity index (χ3v) is 3.19. The Bertz CT molecular complexity index is 687. The Balaban J connectivity index is 1.93. The molecular formula is C17H14ClF2NO2. The number of carbonyl (C=O) groups is 1. The number of amides is 1. The summed E-state index contributed by atoms with van der Waals surface area (Å²) in [6, 6.07) is 13.3. The molecule has 2 aromatic rings. The highest BCUT2D eigenvalue weighted by molar-refractivity contribution is 6.30. The molecule has 0 aliphatic carbocycles. The Kier molecular flexibility index (Phi) is 6.11. The van der Waals surface area contributed by atoms with Crippen LogP contribution in [-0.2, 0) is 11.3 Å². The number of alkyl halides is 2. The van der Waals surface area contributed by atoms with Crippen LogP contribution in [-0.4, -0.2) is 12.5 Å². The third kappa shape index (κ3) is 5.71. The van der Waals surface area contributed by atoms with Gasteiger partial charge in [0, 0.05) is 23.2 Å². The second kappa shape index (κ2) is 8.29. The molecule has 2 rings (SSSR count). The molecule has 0 unspecified atom stereocenters. The molecule has 23 heavy (non-hydrogen) atoms. The van der Waals surface area contributed by atoms with Crippen molar-refractivity contribution in [3.05, 3.63) is 70.8 Å². The van der Waals surface area contributed by atoms with Gasteiger partial charge in [-0.3, -0.25) is 4.79 Å². The zero-order chi connectivity index (χ0) is 16.7. The molecule has 0 aliphatic rings. The van der Waals surface area contributed by atoms with Crippen molar-refractivity contribution in [1.82, 2.24) is 5.32 Å². The lowest BCUT2D eigenvalue weighted by atomic mass is 10.2. The highest BCUT2D eigenvalue weighted by Gasteiger charge is 2.09. The third-order valence-electron chi connectivity index (χ3n) is 2.94. The molecule has 0 spiro atoms. The minimum absolute atomic E-state index is 0.0458. The summed E-state index contributed by atoms with van der Waals surface area (Å²) in [5, 5.41) is 3.23. The van der Waals surface area contributed by atoms with Gasteiger partial charge >= 0.3 is 6.61 Å². The first kappa shape index (κ1) is 17.0. The van der Waals surface area contributed by atoms with Crippen LogP contribution in [0.1, 0.15) is 11.1 Å². The summed E-state index contributed by atoms with van der Waals surface area (Å²) in [5.41, 5.74) is 1.30. The summed E-state index contributed by atoms with van der Waals surface area (Å²) in [4.78, 5) is 11.8. The molecule has 0 aliphatic heterocycles. The number of benzene rings is 2. The molecule has 1 N–H and O–H groups in total. The van der Waals surface area contributed by atoms with E-state index in [1.54, 1.807) is 48.5 Å². The summed E-state index contributed by atoms with van der Waals surface area (Å²) in [6.45, 7) is -2.82. The number of hydrogen-bond donors (Lipinski definition) is 1. The van der Waals surface area contributed by atoms with Gasteiger partial charge in [-0.15, -0.1) is 0 Å². The Labute approximate surface area is 137 Å². The maximum absolute atomic E-state index is 12.3. The van der Waals surface area contributed by atoms with Crippen LogP contribution in [0.5, 0.6) is 5.75 Å². The van der Waals surface area contributed by atoms with E-state index in [2.05, 4.69) is 10.1 Å². The van der Waals surface area contributed by atoms with Gasteiger partial charge in [0.1, 0.15) is 5.75 Å². The number of nitrogens with one attached hydrogen (secondary N) is 1. The van der Waals surface area contributed by atoms with Gasteiger partial charge in [-0.1, -0.05) is 41.9 Å². The van der Waals surface area contributed by atoms with Gasteiger partial charge in [-0.25, -0.2) is 0 Å². The lowest BCUT2D eigenvalue weighted by Crippen LogP contribution is -2.21. The van der Waals surface area contributed by atoms with E-state index < -0.39 is 6.61 Å². The summed E-state index contributed by atoms with van der Waals surface area (Å²) in [6.07, 6.45) is 2.99. The summed E-state index contributed by atoms with van der Waals surface area (Å²) < 4.78 is 29.0. The van der Waals surface area contributed by atoms with Crippen molar-refractivity contribution in [2.45, 2.75) is 13.2 Å². The Morgan fingerprint density at radius 2 is 1.87 bits per heavy atom. The molecular weight excluding hydrogens is 324 g/mol. The fourth-order valence-electron chi connectivity index (χ4n) is 1.85. The molecule has 0 saturated carbocycles. The van der Waals surface area contributed by atoms with Crippen LogP contribution in [0.2, 0.25) is 5.02 Å². The molecule has 0 fully saturated rings. The SMILES string of the molecule is O=C(/C=C/c1ccc(Cl)cc1)NCc1ccccc1OC(F)F. The van der Waals surface area contributed by atoms with Crippen molar-refractivity contribution >= 4 is 23.6 Å². The van der Waals surface area contributed by atoms with Gasteiger partial charge in [-0.05, 0) is 29.8 Å². The van der Waals surface area contributed by atoms with E-state index in [1.807, 2.05) is 0 Å². The molecule has 120 valence electrons. The maximum Gasteiger partial charge on any atom is 0.387 e. The van der Waals surface area contributed by atoms with Crippen LogP contribution < -0.4 is 10.1 Å². The highest BCUT2D eigenvalue weighted by Crippen LogP contribution is 2.19. The summed E-state index contributed by atoms with van der Waals surface area (Å²) in [7, 11) is 0. The first-order chi connectivity index (χ1) is 11.0. The number of halogens is 3. The molecule has 2 aromatic carbocycles. The maximum atomic E-state index is 12.3. The Morgan fingerprint density at radius 1 is 1.17 bits per heavy atom. The summed E-state index contributed by atoms with van der Waals surface area (Å²) >= 11 is 5.77. The molecule has 0 bridgehead atoms. The fraction of sp³-hybridized carbons (Fsp3) is 0.118. The number of carbonyl (C=O) groups excluding carboxylic acids is 1. The quantitative estimate of drug-likeness (QED) is 0.799. The number of ether oxygens (including phenoxy) is 1. The zero-order valence-corrected chi connectivity index (χ0v) is 12.8. The van der Waals surface area contributed by atoms with Crippen LogP contribution >= 0.6 is 11.6 Å². The monoisotopic (exact) mass is 337 g/mol. The predicted molar refractivity (Wildman–Crippen MR) is 85.4 cm³/mol. The van der Waals surface area contributed by atoms with Gasteiger partial charge in [0.25, 0.3) is 0 Å². The van der Waals surface area contributed by atoms with Crippen LogP contribution in [0.4, 0.5) is 8.78 Å². The highest BCUT2D eigenvalue weighted by atomic mass is 35.5. The number of hydrogen-bond acceptors (Lipinski definition) is 2. The van der Waals surface area contributed by atoms with Crippen LogP contribution in [0.15, 0.2) is 54.6 Å². The molecule has 0 aromatic heterocycles. The average Bonchev–Trinajstić information content (AvgIpc) is 2.53. The van der Waals surface area contributed by atoms with E-state index in [9.17, 15) is 13.6 Å². The summed E-state index contributed by atoms with van der Waals surface area (Å²) in [5.74, 6) is -0.295. The molecule has 0 saturated heterocycles. The van der Waals surface area contributed by atoms with Crippen molar-refractivity contribution in [3.8, 4) is 5.75 Å². The van der Waals surface area contributed by atoms with Gasteiger partial charge < -0.3 is 10.1 Å². The molecule has 0 atom stereocenters. The Morgan fingerprint density at radius 3 is 2.57 bits per heavy atom. The first-order valence-electron chi connectivity index (χ1n) is 6.79. The van der Waals surface area contributed by atoms with E-state index in [0.717, 1.165) is 5.56 Å². The molecule has 3 nitrogen and oxygen atoms in total. The van der Waals surface area contributed by atoms with Crippen LogP contribution in [0.25, 0.3) is 6.08 Å². The largest absolute Gasteiger partial charge is 0.434 e. The van der Waals surface area contributed by atoms with Crippen LogP contribution in [0, 0.1) is 0 Å². The van der Waals surface area contributed by atoms with Gasteiger partial charge in [0.15, 0.2) is 0 Å². The lowest BCUT2D eigenvalue weighted by molar-refractivity contribution is -0.116. The molecule has 6 heteroatoms. The zero-order valence-electron chi connectivity index (χ0n) is 12.0. The average molecular weight is 338 g/mol. The van der Waals surface area contributed by atoms with Gasteiger partial charge in [0.2, 0.25) is 5.91 Å². The van der Waals surface area contributed by atoms with E-state index >= 15 is 0 Å². The minimum Gasteiger partial charge on any atom is -0.434 e. The van der Waals surface area contributed by atoms with E-state index in [4.69, 9.17) is 11.6 Å². The second-order valence-electron chi connectivity index (χ2n) is 4.59. The number of rotatable bonds is 6. The standard InChI is InChI=1S/C17H14ClF2NO2/c18-14-8-5-12(6-9-14)7-10-16(22)21-11-13-3-1-2-4-15(13)23-17(19)20/h1-10,17H,11H2,(H,21,22)/b10-7+. The predicted octanol–water partition coefficient (Wildman–Crippen LogP) is 4.27. The molecule has 1 amide bonds. The van der Waals surface area contributed by atoms with Crippen molar-refractivity contribution in [1.29, 1.82) is 0 Å². The smallest absolute Gasteiger partial charge is 0.387 e. The molecule has 0 radical (unpaired) electrons. The van der Waals surface area contributed by atoms with Crippen molar-refractivity contribution in [2.75, 3.05) is 0 Å². The van der Waals surface area contributed by atoms with Crippen LogP contribution in [0.3, 0.4) is 0 Å². The van der Waals surface area contributed by atoms with E-state index in [0.29, 0.717) is 10.6 Å². The minimum atomic E-state index is -2.91. The topological polar surface area (TPSA) is 38.3 Å². The second-order valence-corrected chi connectivity index (χ2v) is 5.03. The van der Waals surface area contributed by atoms with Crippen molar-refractivity contribution < 1.29 is 18.3 Å². The fourth-order valence-corrected chi connectivity index (χ4v) is 1.97. The lowest BCUT2D eigenvalue weighted by Gasteiger charge is -2.10. The first-order valence-corrected chi connectivity index (χ1v) is 7.16. The normalized spacial score (nSPS) is 11.0. The Hall–Kier alpha value is -2.40. The van der Waals surface area contributed by atoms with Crippen molar-refractivity contribution in [2.24, 2.45) is 0 Å². The van der Waals surface area contributed by atoms with Gasteiger partial charge in [-0.2, -0.15) is 8.78 Å². The van der Waals surface area contributed by atoms with E-state index in [-0.39, 0.29) is 18.2 Å². The number of para-hydroxylation sites is 1. The molecule has 0 heterocycles. The van der Waals surface area contributed by atoms with E-state index in [1.165, 1.54) is 12.1 Å². The van der Waals surface area contributed by atoms with Crippen molar-refractivity contribution in [3.63, 3.8) is 0 Å². The van der Waals surface area contributed by atoms with Gasteiger partial charge in [0.05, 0.1) is 0 Å².